The molecule has 0 aromatic carbocycles. The Labute approximate surface area is 148 Å². The first-order chi connectivity index (χ1) is 11.7. The van der Waals surface area contributed by atoms with Gasteiger partial charge in [0.05, 0.1) is 10.7 Å². The van der Waals surface area contributed by atoms with E-state index in [-0.39, 0.29) is 0 Å². The molecule has 130 valence electrons. The molecule has 6 heteroatoms. The Balaban J connectivity index is 1.64. The summed E-state index contributed by atoms with van der Waals surface area (Å²) in [5, 5.41) is 3.44. The van der Waals surface area contributed by atoms with Gasteiger partial charge in [0.2, 0.25) is 0 Å². The molecule has 0 spiro atoms. The summed E-state index contributed by atoms with van der Waals surface area (Å²) in [6, 6.07) is 2.05. The maximum Gasteiger partial charge on any atom is 0.154 e. The number of methoxy groups -OCH3 is 1. The van der Waals surface area contributed by atoms with Gasteiger partial charge in [-0.25, -0.2) is 15.0 Å². The van der Waals surface area contributed by atoms with Gasteiger partial charge in [0, 0.05) is 49.3 Å². The van der Waals surface area contributed by atoms with Crippen molar-refractivity contribution in [1.82, 2.24) is 19.9 Å². The molecule has 0 saturated carbocycles. The molecule has 0 aliphatic carbocycles. The average molecular weight is 347 g/mol. The van der Waals surface area contributed by atoms with E-state index in [9.17, 15) is 0 Å². The Morgan fingerprint density at radius 3 is 3.00 bits per heavy atom. The van der Waals surface area contributed by atoms with Crippen LogP contribution in [0.5, 0.6) is 0 Å². The zero-order valence-electron chi connectivity index (χ0n) is 14.7. The summed E-state index contributed by atoms with van der Waals surface area (Å²) in [7, 11) is 1.68. The minimum Gasteiger partial charge on any atom is -0.377 e. The second-order valence-electron chi connectivity index (χ2n) is 6.74. The predicted molar refractivity (Wildman–Crippen MR) is 96.2 cm³/mol. The summed E-state index contributed by atoms with van der Waals surface area (Å²) in [5.74, 6) is 1.76. The summed E-state index contributed by atoms with van der Waals surface area (Å²) in [5.41, 5.74) is 2.34. The third-order valence-electron chi connectivity index (χ3n) is 4.37. The van der Waals surface area contributed by atoms with Crippen LogP contribution >= 0.6 is 11.3 Å². The number of ether oxygens (including phenoxy) is 1. The van der Waals surface area contributed by atoms with E-state index < -0.39 is 0 Å². The molecule has 1 unspecified atom stereocenters. The van der Waals surface area contributed by atoms with E-state index in [1.165, 1.54) is 23.5 Å². The standard InChI is InChI=1S/C18H26N4OS/c1-13(2)18-20-15(12-24-18)10-22-8-4-5-14(9-22)16-6-7-19-17(21-16)11-23-3/h6-7,12-14H,4-5,8-11H2,1-3H3. The van der Waals surface area contributed by atoms with Crippen molar-refractivity contribution in [1.29, 1.82) is 0 Å². The van der Waals surface area contributed by atoms with Gasteiger partial charge < -0.3 is 4.74 Å². The maximum absolute atomic E-state index is 5.15. The van der Waals surface area contributed by atoms with Gasteiger partial charge in [-0.1, -0.05) is 13.8 Å². The second-order valence-corrected chi connectivity index (χ2v) is 7.63. The summed E-state index contributed by atoms with van der Waals surface area (Å²) < 4.78 is 5.15. The molecule has 5 nitrogen and oxygen atoms in total. The number of nitrogens with zero attached hydrogens (tertiary/aromatic N) is 4. The van der Waals surface area contributed by atoms with E-state index in [0.717, 1.165) is 31.2 Å². The fourth-order valence-corrected chi connectivity index (χ4v) is 4.00. The highest BCUT2D eigenvalue weighted by Crippen LogP contribution is 2.27. The van der Waals surface area contributed by atoms with Crippen molar-refractivity contribution in [3.05, 3.63) is 39.9 Å². The zero-order chi connectivity index (χ0) is 16.9. The van der Waals surface area contributed by atoms with Gasteiger partial charge in [-0.3, -0.25) is 4.90 Å². The molecule has 0 radical (unpaired) electrons. The van der Waals surface area contributed by atoms with Crippen molar-refractivity contribution in [2.75, 3.05) is 20.2 Å². The molecule has 2 aromatic heterocycles. The largest absolute Gasteiger partial charge is 0.377 e. The summed E-state index contributed by atoms with van der Waals surface area (Å²) in [4.78, 5) is 16.2. The van der Waals surface area contributed by atoms with Crippen molar-refractivity contribution in [2.45, 2.75) is 51.7 Å². The first-order valence-corrected chi connectivity index (χ1v) is 9.51. The fraction of sp³-hybridized carbons (Fsp3) is 0.611. The van der Waals surface area contributed by atoms with Gasteiger partial charge in [-0.15, -0.1) is 11.3 Å². The lowest BCUT2D eigenvalue weighted by Crippen LogP contribution is -2.34. The number of piperidine rings is 1. The third kappa shape index (κ3) is 4.37. The maximum atomic E-state index is 5.15. The molecular weight excluding hydrogens is 320 g/mol. The molecule has 0 bridgehead atoms. The van der Waals surface area contributed by atoms with Crippen LogP contribution in [-0.4, -0.2) is 40.1 Å². The number of likely N-dealkylation sites (tertiary alicyclic amines) is 1. The van der Waals surface area contributed by atoms with Crippen molar-refractivity contribution in [3.63, 3.8) is 0 Å². The van der Waals surface area contributed by atoms with E-state index in [1.807, 2.05) is 12.3 Å². The van der Waals surface area contributed by atoms with Gasteiger partial charge in [0.25, 0.3) is 0 Å². The lowest BCUT2D eigenvalue weighted by molar-refractivity contribution is 0.175. The lowest BCUT2D eigenvalue weighted by atomic mass is 9.94. The highest BCUT2D eigenvalue weighted by molar-refractivity contribution is 7.09. The SMILES string of the molecule is COCc1nccc(C2CCCN(Cc3csc(C(C)C)n3)C2)n1. The van der Waals surface area contributed by atoms with E-state index in [1.54, 1.807) is 18.4 Å². The Morgan fingerprint density at radius 2 is 2.25 bits per heavy atom. The van der Waals surface area contributed by atoms with Crippen molar-refractivity contribution in [3.8, 4) is 0 Å². The highest BCUT2D eigenvalue weighted by atomic mass is 32.1. The van der Waals surface area contributed by atoms with Crippen LogP contribution in [0.4, 0.5) is 0 Å². The fourth-order valence-electron chi connectivity index (χ4n) is 3.17. The number of hydrogen-bond acceptors (Lipinski definition) is 6. The van der Waals surface area contributed by atoms with Crippen LogP contribution < -0.4 is 0 Å². The number of rotatable bonds is 6. The van der Waals surface area contributed by atoms with Crippen LogP contribution in [0.1, 0.15) is 60.7 Å². The molecule has 1 aliphatic rings. The zero-order valence-corrected chi connectivity index (χ0v) is 15.6. The quantitative estimate of drug-likeness (QED) is 0.800. The molecule has 3 rings (SSSR count). The van der Waals surface area contributed by atoms with E-state index in [2.05, 4.69) is 34.1 Å². The Morgan fingerprint density at radius 1 is 1.38 bits per heavy atom. The average Bonchev–Trinajstić information content (AvgIpc) is 3.04. The van der Waals surface area contributed by atoms with Gasteiger partial charge in [0.1, 0.15) is 6.61 Å². The monoisotopic (exact) mass is 346 g/mol. The van der Waals surface area contributed by atoms with Gasteiger partial charge in [0.15, 0.2) is 5.82 Å². The molecule has 1 aliphatic heterocycles. The number of hydrogen-bond donors (Lipinski definition) is 0. The van der Waals surface area contributed by atoms with Crippen molar-refractivity contribution in [2.24, 2.45) is 0 Å². The van der Waals surface area contributed by atoms with Gasteiger partial charge >= 0.3 is 0 Å². The minimum atomic E-state index is 0.473. The van der Waals surface area contributed by atoms with Gasteiger partial charge in [-0.2, -0.15) is 0 Å². The Kier molecular flexibility index (Phi) is 5.92. The normalized spacial score (nSPS) is 19.1. The number of thiazole rings is 1. The molecule has 1 fully saturated rings. The first kappa shape index (κ1) is 17.5. The molecule has 2 aromatic rings. The topological polar surface area (TPSA) is 51.1 Å². The molecule has 1 saturated heterocycles. The molecular formula is C18H26N4OS. The minimum absolute atomic E-state index is 0.473. The molecule has 3 heterocycles. The summed E-state index contributed by atoms with van der Waals surface area (Å²) >= 11 is 1.78. The first-order valence-electron chi connectivity index (χ1n) is 8.63. The smallest absolute Gasteiger partial charge is 0.154 e. The Bertz CT molecular complexity index is 658. The van der Waals surface area contributed by atoms with Crippen LogP contribution in [0.3, 0.4) is 0 Å². The molecule has 0 amide bonds. The summed E-state index contributed by atoms with van der Waals surface area (Å²) in [6.07, 6.45) is 4.24. The van der Waals surface area contributed by atoms with Crippen molar-refractivity contribution >= 4 is 11.3 Å². The Hall–Kier alpha value is -1.37. The second kappa shape index (κ2) is 8.14. The van der Waals surface area contributed by atoms with E-state index >= 15 is 0 Å². The molecule has 24 heavy (non-hydrogen) atoms. The van der Waals surface area contributed by atoms with Crippen molar-refractivity contribution < 1.29 is 4.74 Å². The molecule has 1 atom stereocenters. The van der Waals surface area contributed by atoms with E-state index in [0.29, 0.717) is 18.4 Å². The lowest BCUT2D eigenvalue weighted by Gasteiger charge is -2.32. The predicted octanol–water partition coefficient (Wildman–Crippen LogP) is 3.58. The van der Waals surface area contributed by atoms with Crippen LogP contribution in [0.2, 0.25) is 0 Å². The van der Waals surface area contributed by atoms with E-state index in [4.69, 9.17) is 9.72 Å². The molecule has 0 N–H and O–H groups in total. The number of aromatic nitrogens is 3. The van der Waals surface area contributed by atoms with Gasteiger partial charge in [-0.05, 0) is 25.5 Å². The summed E-state index contributed by atoms with van der Waals surface area (Å²) in [6.45, 7) is 7.99. The van der Waals surface area contributed by atoms with Crippen LogP contribution in [0, 0.1) is 0 Å². The van der Waals surface area contributed by atoms with Crippen LogP contribution in [0.25, 0.3) is 0 Å². The van der Waals surface area contributed by atoms with Crippen LogP contribution in [-0.2, 0) is 17.9 Å². The highest BCUT2D eigenvalue weighted by Gasteiger charge is 2.23. The third-order valence-corrected chi connectivity index (χ3v) is 5.57. The van der Waals surface area contributed by atoms with Crippen LogP contribution in [0.15, 0.2) is 17.6 Å².